The van der Waals surface area contributed by atoms with Gasteiger partial charge in [-0.05, 0) is 38.1 Å². The quantitative estimate of drug-likeness (QED) is 0.857. The van der Waals surface area contributed by atoms with Gasteiger partial charge in [0.2, 0.25) is 5.91 Å². The summed E-state index contributed by atoms with van der Waals surface area (Å²) in [5.74, 6) is -1.82. The predicted octanol–water partition coefficient (Wildman–Crippen LogP) is 1.01. The van der Waals surface area contributed by atoms with E-state index in [9.17, 15) is 13.6 Å². The average Bonchev–Trinajstić information content (AvgIpc) is 2.35. The molecule has 0 saturated carbocycles. The lowest BCUT2D eigenvalue weighted by Crippen LogP contribution is -2.46. The van der Waals surface area contributed by atoms with E-state index < -0.39 is 17.5 Å². The number of carbonyl (C=O) groups excluding carboxylic acids is 1. The Kier molecular flexibility index (Phi) is 4.31. The number of carbonyl (C=O) groups is 1. The van der Waals surface area contributed by atoms with Crippen molar-refractivity contribution < 1.29 is 13.6 Å². The molecule has 0 bridgehead atoms. The van der Waals surface area contributed by atoms with E-state index in [2.05, 4.69) is 5.32 Å². The van der Waals surface area contributed by atoms with Crippen LogP contribution in [0, 0.1) is 11.6 Å². The maximum absolute atomic E-state index is 13.3. The molecular weight excluding hydrogens is 252 g/mol. The van der Waals surface area contributed by atoms with Crippen molar-refractivity contribution in [2.45, 2.75) is 18.9 Å². The van der Waals surface area contributed by atoms with Gasteiger partial charge < -0.3 is 16.0 Å². The van der Waals surface area contributed by atoms with E-state index in [4.69, 9.17) is 5.73 Å². The molecule has 0 aromatic heterocycles. The van der Waals surface area contributed by atoms with Gasteiger partial charge in [-0.2, -0.15) is 0 Å². The van der Waals surface area contributed by atoms with Gasteiger partial charge in [0.1, 0.15) is 11.6 Å². The van der Waals surface area contributed by atoms with E-state index in [0.29, 0.717) is 5.69 Å². The van der Waals surface area contributed by atoms with Crippen LogP contribution >= 0.6 is 0 Å². The molecule has 1 aliphatic heterocycles. The molecule has 4 nitrogen and oxygen atoms in total. The van der Waals surface area contributed by atoms with Crippen LogP contribution in [0.2, 0.25) is 0 Å². The van der Waals surface area contributed by atoms with Gasteiger partial charge in [-0.1, -0.05) is 0 Å². The van der Waals surface area contributed by atoms with Crippen molar-refractivity contribution in [2.24, 2.45) is 5.73 Å². The second kappa shape index (κ2) is 5.97. The van der Waals surface area contributed by atoms with Gasteiger partial charge in [0, 0.05) is 17.8 Å². The minimum absolute atomic E-state index is 0.0342. The fraction of sp³-hybridized carbons (Fsp3) is 0.462. The largest absolute Gasteiger partial charge is 0.368 e. The highest BCUT2D eigenvalue weighted by molar-refractivity contribution is 5.79. The highest BCUT2D eigenvalue weighted by Gasteiger charge is 2.23. The summed E-state index contributed by atoms with van der Waals surface area (Å²) in [4.78, 5) is 12.9. The van der Waals surface area contributed by atoms with Crippen LogP contribution in [0.3, 0.4) is 0 Å². The highest BCUT2D eigenvalue weighted by atomic mass is 19.1. The monoisotopic (exact) mass is 269 g/mol. The predicted molar refractivity (Wildman–Crippen MR) is 68.8 cm³/mol. The summed E-state index contributed by atoms with van der Waals surface area (Å²) in [6, 6.07) is 3.34. The van der Waals surface area contributed by atoms with Crippen molar-refractivity contribution in [3.63, 3.8) is 0 Å². The molecule has 6 heteroatoms. The summed E-state index contributed by atoms with van der Waals surface area (Å²) in [7, 11) is 0. The Hall–Kier alpha value is -1.69. The maximum Gasteiger partial charge on any atom is 0.236 e. The Morgan fingerprint density at radius 1 is 1.26 bits per heavy atom. The molecule has 1 saturated heterocycles. The maximum atomic E-state index is 13.3. The zero-order valence-corrected chi connectivity index (χ0v) is 10.5. The first-order chi connectivity index (χ1) is 9.06. The van der Waals surface area contributed by atoms with Gasteiger partial charge >= 0.3 is 0 Å². The zero-order chi connectivity index (χ0) is 13.8. The third kappa shape index (κ3) is 3.64. The molecular formula is C13H17F2N3O. The molecule has 1 aromatic carbocycles. The number of piperidine rings is 1. The number of rotatable bonds is 4. The third-order valence-electron chi connectivity index (χ3n) is 3.25. The first kappa shape index (κ1) is 13.7. The summed E-state index contributed by atoms with van der Waals surface area (Å²) < 4.78 is 26.6. The van der Waals surface area contributed by atoms with Crippen molar-refractivity contribution >= 4 is 11.6 Å². The van der Waals surface area contributed by atoms with Crippen LogP contribution in [0.1, 0.15) is 12.8 Å². The van der Waals surface area contributed by atoms with Gasteiger partial charge in [0.15, 0.2) is 0 Å². The molecule has 0 atom stereocenters. The molecule has 1 amide bonds. The van der Waals surface area contributed by atoms with Crippen LogP contribution in [0.5, 0.6) is 0 Å². The molecule has 0 unspecified atom stereocenters. The summed E-state index contributed by atoms with van der Waals surface area (Å²) in [6.07, 6.45) is 1.62. The molecule has 104 valence electrons. The standard InChI is InChI=1S/C13H17F2N3O/c14-9-5-10(15)7-12(6-9)18(8-13(16)19)11-1-3-17-4-2-11/h5-7,11,17H,1-4,8H2,(H2,16,19). The Morgan fingerprint density at radius 2 is 1.84 bits per heavy atom. The fourth-order valence-corrected chi connectivity index (χ4v) is 2.42. The topological polar surface area (TPSA) is 58.4 Å². The molecule has 0 spiro atoms. The fourth-order valence-electron chi connectivity index (χ4n) is 2.42. The van der Waals surface area contributed by atoms with Crippen LogP contribution in [-0.2, 0) is 4.79 Å². The lowest BCUT2D eigenvalue weighted by Gasteiger charge is -2.35. The smallest absolute Gasteiger partial charge is 0.236 e. The summed E-state index contributed by atoms with van der Waals surface area (Å²) in [5, 5.41) is 3.21. The van der Waals surface area contributed by atoms with Gasteiger partial charge in [-0.15, -0.1) is 0 Å². The van der Waals surface area contributed by atoms with Crippen LogP contribution in [0.15, 0.2) is 18.2 Å². The molecule has 1 aliphatic rings. The Morgan fingerprint density at radius 3 is 2.37 bits per heavy atom. The molecule has 1 fully saturated rings. The minimum atomic E-state index is -0.654. The number of halogens is 2. The molecule has 3 N–H and O–H groups in total. The van der Waals surface area contributed by atoms with Crippen LogP contribution in [0.4, 0.5) is 14.5 Å². The van der Waals surface area contributed by atoms with Gasteiger partial charge in [-0.25, -0.2) is 8.78 Å². The number of nitrogens with one attached hydrogen (secondary N) is 1. The van der Waals surface area contributed by atoms with E-state index in [-0.39, 0.29) is 12.6 Å². The number of anilines is 1. The SMILES string of the molecule is NC(=O)CN(c1cc(F)cc(F)c1)C1CCNCC1. The normalized spacial score (nSPS) is 16.3. The first-order valence-corrected chi connectivity index (χ1v) is 6.28. The first-order valence-electron chi connectivity index (χ1n) is 6.28. The number of nitrogens with zero attached hydrogens (tertiary/aromatic N) is 1. The van der Waals surface area contributed by atoms with E-state index >= 15 is 0 Å². The Labute approximate surface area is 110 Å². The lowest BCUT2D eigenvalue weighted by molar-refractivity contribution is -0.116. The Bertz CT molecular complexity index is 441. The van der Waals surface area contributed by atoms with E-state index in [0.717, 1.165) is 32.0 Å². The number of nitrogens with two attached hydrogens (primary N) is 1. The van der Waals surface area contributed by atoms with E-state index in [1.807, 2.05) is 0 Å². The van der Waals surface area contributed by atoms with Crippen LogP contribution in [-0.4, -0.2) is 31.6 Å². The minimum Gasteiger partial charge on any atom is -0.368 e. The summed E-state index contributed by atoms with van der Waals surface area (Å²) >= 11 is 0. The summed E-state index contributed by atoms with van der Waals surface area (Å²) in [6.45, 7) is 1.60. The van der Waals surface area contributed by atoms with E-state index in [1.54, 1.807) is 4.90 Å². The van der Waals surface area contributed by atoms with Crippen molar-refractivity contribution in [1.29, 1.82) is 0 Å². The van der Waals surface area contributed by atoms with Crippen LogP contribution < -0.4 is 16.0 Å². The van der Waals surface area contributed by atoms with Gasteiger partial charge in [0.25, 0.3) is 0 Å². The molecule has 1 aromatic rings. The highest BCUT2D eigenvalue weighted by Crippen LogP contribution is 2.23. The van der Waals surface area contributed by atoms with Crippen LogP contribution in [0.25, 0.3) is 0 Å². The van der Waals surface area contributed by atoms with Crippen molar-refractivity contribution in [1.82, 2.24) is 5.32 Å². The average molecular weight is 269 g/mol. The molecule has 0 radical (unpaired) electrons. The van der Waals surface area contributed by atoms with Crippen molar-refractivity contribution in [2.75, 3.05) is 24.5 Å². The second-order valence-electron chi connectivity index (χ2n) is 4.70. The molecule has 0 aliphatic carbocycles. The van der Waals surface area contributed by atoms with Gasteiger partial charge in [-0.3, -0.25) is 4.79 Å². The zero-order valence-electron chi connectivity index (χ0n) is 10.5. The Balaban J connectivity index is 2.27. The lowest BCUT2D eigenvalue weighted by atomic mass is 10.0. The molecule has 19 heavy (non-hydrogen) atoms. The van der Waals surface area contributed by atoms with E-state index in [1.165, 1.54) is 12.1 Å². The number of hydrogen-bond acceptors (Lipinski definition) is 3. The number of benzene rings is 1. The van der Waals surface area contributed by atoms with Crippen molar-refractivity contribution in [3.8, 4) is 0 Å². The molecule has 2 rings (SSSR count). The van der Waals surface area contributed by atoms with Crippen molar-refractivity contribution in [3.05, 3.63) is 29.8 Å². The summed E-state index contributed by atoms with van der Waals surface area (Å²) in [5.41, 5.74) is 5.59. The third-order valence-corrected chi connectivity index (χ3v) is 3.25. The second-order valence-corrected chi connectivity index (χ2v) is 4.70. The number of hydrogen-bond donors (Lipinski definition) is 2. The number of amides is 1. The number of primary amides is 1. The van der Waals surface area contributed by atoms with Gasteiger partial charge in [0.05, 0.1) is 6.54 Å². The molecule has 1 heterocycles.